The molecule has 1 unspecified atom stereocenters. The standard InChI is InChI=1S/C17H19BrFNO/c1-11-4-5-13(9-15(11)19)17(2,20)10-12-8-14(18)6-7-16(12)21-3/h4-9H,10,20H2,1-3H3. The second kappa shape index (κ2) is 6.16. The van der Waals surface area contributed by atoms with Crippen molar-refractivity contribution in [3.05, 3.63) is 63.4 Å². The molecular weight excluding hydrogens is 333 g/mol. The first kappa shape index (κ1) is 16.0. The minimum Gasteiger partial charge on any atom is -0.496 e. The molecule has 2 aromatic rings. The Labute approximate surface area is 133 Å². The quantitative estimate of drug-likeness (QED) is 0.889. The molecule has 0 aliphatic heterocycles. The molecule has 0 amide bonds. The Bertz CT molecular complexity index is 655. The molecule has 2 N–H and O–H groups in total. The average molecular weight is 352 g/mol. The van der Waals surface area contributed by atoms with Gasteiger partial charge in [-0.2, -0.15) is 0 Å². The normalized spacial score (nSPS) is 13.8. The Balaban J connectivity index is 2.36. The topological polar surface area (TPSA) is 35.2 Å². The van der Waals surface area contributed by atoms with Crippen molar-refractivity contribution in [1.82, 2.24) is 0 Å². The molecule has 0 aliphatic carbocycles. The van der Waals surface area contributed by atoms with Gasteiger partial charge in [0.05, 0.1) is 7.11 Å². The lowest BCUT2D eigenvalue weighted by Gasteiger charge is -2.26. The van der Waals surface area contributed by atoms with Crippen molar-refractivity contribution in [3.63, 3.8) is 0 Å². The molecule has 0 aliphatic rings. The Morgan fingerprint density at radius 2 is 1.95 bits per heavy atom. The molecule has 2 rings (SSSR count). The van der Waals surface area contributed by atoms with Gasteiger partial charge in [0.25, 0.3) is 0 Å². The van der Waals surface area contributed by atoms with E-state index >= 15 is 0 Å². The summed E-state index contributed by atoms with van der Waals surface area (Å²) in [6, 6.07) is 10.9. The molecule has 2 nitrogen and oxygen atoms in total. The predicted octanol–water partition coefficient (Wildman–Crippen LogP) is 4.32. The fourth-order valence-electron chi connectivity index (χ4n) is 2.33. The van der Waals surface area contributed by atoms with E-state index in [0.29, 0.717) is 12.0 Å². The van der Waals surface area contributed by atoms with Crippen molar-refractivity contribution < 1.29 is 9.13 Å². The largest absolute Gasteiger partial charge is 0.496 e. The van der Waals surface area contributed by atoms with Crippen molar-refractivity contribution in [2.45, 2.75) is 25.8 Å². The van der Waals surface area contributed by atoms with Gasteiger partial charge >= 0.3 is 0 Å². The molecule has 0 fully saturated rings. The highest BCUT2D eigenvalue weighted by Crippen LogP contribution is 2.30. The van der Waals surface area contributed by atoms with Crippen LogP contribution >= 0.6 is 15.9 Å². The first-order valence-corrected chi connectivity index (χ1v) is 7.51. The van der Waals surface area contributed by atoms with Gasteiger partial charge in [0, 0.05) is 10.0 Å². The summed E-state index contributed by atoms with van der Waals surface area (Å²) in [5.74, 6) is 0.549. The zero-order chi connectivity index (χ0) is 15.6. The van der Waals surface area contributed by atoms with Crippen LogP contribution < -0.4 is 10.5 Å². The molecule has 112 valence electrons. The van der Waals surface area contributed by atoms with E-state index < -0.39 is 5.54 Å². The van der Waals surface area contributed by atoms with Crippen LogP contribution in [-0.2, 0) is 12.0 Å². The minimum absolute atomic E-state index is 0.231. The number of nitrogens with two attached hydrogens (primary N) is 1. The predicted molar refractivity (Wildman–Crippen MR) is 87.1 cm³/mol. The van der Waals surface area contributed by atoms with Gasteiger partial charge in [-0.1, -0.05) is 28.1 Å². The zero-order valence-electron chi connectivity index (χ0n) is 12.4. The molecule has 0 saturated heterocycles. The molecule has 21 heavy (non-hydrogen) atoms. The lowest BCUT2D eigenvalue weighted by molar-refractivity contribution is 0.399. The van der Waals surface area contributed by atoms with Crippen LogP contribution in [0.5, 0.6) is 5.75 Å². The van der Waals surface area contributed by atoms with Crippen LogP contribution in [0.1, 0.15) is 23.6 Å². The second-order valence-electron chi connectivity index (χ2n) is 5.51. The van der Waals surface area contributed by atoms with E-state index in [0.717, 1.165) is 21.3 Å². The number of halogens is 2. The third-order valence-electron chi connectivity index (χ3n) is 3.63. The Kier molecular flexibility index (Phi) is 4.69. The van der Waals surface area contributed by atoms with Gasteiger partial charge in [-0.05, 0) is 61.2 Å². The summed E-state index contributed by atoms with van der Waals surface area (Å²) < 4.78 is 20.1. The fraction of sp³-hybridized carbons (Fsp3) is 0.294. The van der Waals surface area contributed by atoms with Crippen LogP contribution in [-0.4, -0.2) is 7.11 Å². The second-order valence-corrected chi connectivity index (χ2v) is 6.43. The first-order valence-electron chi connectivity index (χ1n) is 6.71. The van der Waals surface area contributed by atoms with E-state index in [1.807, 2.05) is 31.2 Å². The number of benzene rings is 2. The molecule has 2 aromatic carbocycles. The maximum absolute atomic E-state index is 13.8. The maximum Gasteiger partial charge on any atom is 0.126 e. The zero-order valence-corrected chi connectivity index (χ0v) is 14.0. The number of ether oxygens (including phenoxy) is 1. The van der Waals surface area contributed by atoms with Crippen LogP contribution in [0.3, 0.4) is 0 Å². The van der Waals surface area contributed by atoms with Crippen LogP contribution in [0, 0.1) is 12.7 Å². The molecule has 0 heterocycles. The van der Waals surface area contributed by atoms with Crippen molar-refractivity contribution in [3.8, 4) is 5.75 Å². The van der Waals surface area contributed by atoms with Crippen molar-refractivity contribution in [2.24, 2.45) is 5.73 Å². The molecule has 0 aromatic heterocycles. The number of methoxy groups -OCH3 is 1. The van der Waals surface area contributed by atoms with E-state index in [-0.39, 0.29) is 5.82 Å². The van der Waals surface area contributed by atoms with E-state index in [2.05, 4.69) is 15.9 Å². The van der Waals surface area contributed by atoms with E-state index in [9.17, 15) is 4.39 Å². The van der Waals surface area contributed by atoms with Crippen LogP contribution in [0.15, 0.2) is 40.9 Å². The molecular formula is C17H19BrFNO. The van der Waals surface area contributed by atoms with Crippen molar-refractivity contribution >= 4 is 15.9 Å². The molecule has 0 spiro atoms. The Hall–Kier alpha value is -1.39. The van der Waals surface area contributed by atoms with Crippen molar-refractivity contribution in [1.29, 1.82) is 0 Å². The van der Waals surface area contributed by atoms with Gasteiger partial charge < -0.3 is 10.5 Å². The summed E-state index contributed by atoms with van der Waals surface area (Å²) in [7, 11) is 1.63. The van der Waals surface area contributed by atoms with Crippen LogP contribution in [0.25, 0.3) is 0 Å². The first-order chi connectivity index (χ1) is 9.83. The third-order valence-corrected chi connectivity index (χ3v) is 4.12. The smallest absolute Gasteiger partial charge is 0.126 e. The highest BCUT2D eigenvalue weighted by molar-refractivity contribution is 9.10. The molecule has 0 bridgehead atoms. The number of aryl methyl sites for hydroxylation is 1. The summed E-state index contributed by atoms with van der Waals surface area (Å²) in [6.45, 7) is 3.64. The Morgan fingerprint density at radius 3 is 2.57 bits per heavy atom. The molecule has 1 atom stereocenters. The molecule has 0 radical (unpaired) electrons. The monoisotopic (exact) mass is 351 g/mol. The van der Waals surface area contributed by atoms with Gasteiger partial charge in [0.1, 0.15) is 11.6 Å². The highest BCUT2D eigenvalue weighted by atomic mass is 79.9. The number of rotatable bonds is 4. The maximum atomic E-state index is 13.8. The Morgan fingerprint density at radius 1 is 1.24 bits per heavy atom. The summed E-state index contributed by atoms with van der Waals surface area (Å²) >= 11 is 3.45. The fourth-order valence-corrected chi connectivity index (χ4v) is 2.74. The lowest BCUT2D eigenvalue weighted by atomic mass is 9.86. The van der Waals surface area contributed by atoms with Gasteiger partial charge in [0.15, 0.2) is 0 Å². The summed E-state index contributed by atoms with van der Waals surface area (Å²) in [5.41, 5.74) is 8.12. The summed E-state index contributed by atoms with van der Waals surface area (Å²) in [5, 5.41) is 0. The number of hydrogen-bond donors (Lipinski definition) is 1. The minimum atomic E-state index is -0.678. The third kappa shape index (κ3) is 3.63. The van der Waals surface area contributed by atoms with Gasteiger partial charge in [-0.25, -0.2) is 4.39 Å². The SMILES string of the molecule is COc1ccc(Br)cc1CC(C)(N)c1ccc(C)c(F)c1. The molecule has 4 heteroatoms. The van der Waals surface area contributed by atoms with E-state index in [4.69, 9.17) is 10.5 Å². The van der Waals surface area contributed by atoms with Crippen molar-refractivity contribution in [2.75, 3.05) is 7.11 Å². The highest BCUT2D eigenvalue weighted by Gasteiger charge is 2.24. The van der Waals surface area contributed by atoms with Gasteiger partial charge in [-0.3, -0.25) is 0 Å². The van der Waals surface area contributed by atoms with Crippen LogP contribution in [0.2, 0.25) is 0 Å². The number of hydrogen-bond acceptors (Lipinski definition) is 2. The molecule has 0 saturated carbocycles. The summed E-state index contributed by atoms with van der Waals surface area (Å²) in [6.07, 6.45) is 0.554. The van der Waals surface area contributed by atoms with Gasteiger partial charge in [-0.15, -0.1) is 0 Å². The average Bonchev–Trinajstić information content (AvgIpc) is 2.41. The van der Waals surface area contributed by atoms with E-state index in [1.54, 1.807) is 20.1 Å². The lowest BCUT2D eigenvalue weighted by Crippen LogP contribution is -2.35. The van der Waals surface area contributed by atoms with Crippen LogP contribution in [0.4, 0.5) is 4.39 Å². The van der Waals surface area contributed by atoms with E-state index in [1.165, 1.54) is 6.07 Å². The summed E-state index contributed by atoms with van der Waals surface area (Å²) in [4.78, 5) is 0. The van der Waals surface area contributed by atoms with Gasteiger partial charge in [0.2, 0.25) is 0 Å².